The topological polar surface area (TPSA) is 80.8 Å². The number of nitrogens with zero attached hydrogens (tertiary/aromatic N) is 4. The number of hydrogen-bond acceptors (Lipinski definition) is 4. The standard InChI is InChI=1S/C11H12N4O3/c1-3-9-11(13(2)7-16)14-6-8(15(17)18)4-5-10(14)12-9/h4-7H,3H2,1-2H3. The van der Waals surface area contributed by atoms with E-state index < -0.39 is 4.92 Å². The van der Waals surface area contributed by atoms with Gasteiger partial charge in [0.05, 0.1) is 16.8 Å². The van der Waals surface area contributed by atoms with E-state index in [1.165, 1.54) is 17.2 Å². The highest BCUT2D eigenvalue weighted by atomic mass is 16.6. The van der Waals surface area contributed by atoms with E-state index in [2.05, 4.69) is 4.98 Å². The number of aryl methyl sites for hydroxylation is 1. The van der Waals surface area contributed by atoms with Gasteiger partial charge in [0.15, 0.2) is 0 Å². The number of carbonyl (C=O) groups is 1. The van der Waals surface area contributed by atoms with Crippen molar-refractivity contribution in [2.24, 2.45) is 0 Å². The molecule has 7 nitrogen and oxygen atoms in total. The zero-order valence-corrected chi connectivity index (χ0v) is 10.0. The van der Waals surface area contributed by atoms with Crippen LogP contribution in [-0.2, 0) is 11.2 Å². The Kier molecular flexibility index (Phi) is 2.97. The maximum atomic E-state index is 10.9. The average molecular weight is 248 g/mol. The van der Waals surface area contributed by atoms with E-state index >= 15 is 0 Å². The highest BCUT2D eigenvalue weighted by Crippen LogP contribution is 2.24. The molecular formula is C11H12N4O3. The van der Waals surface area contributed by atoms with Crippen LogP contribution in [0.3, 0.4) is 0 Å². The lowest BCUT2D eigenvalue weighted by atomic mass is 10.3. The Morgan fingerprint density at radius 2 is 2.28 bits per heavy atom. The largest absolute Gasteiger partial charge is 0.302 e. The number of anilines is 1. The molecule has 0 aliphatic heterocycles. The van der Waals surface area contributed by atoms with Crippen LogP contribution in [0.25, 0.3) is 5.65 Å². The number of hydrogen-bond donors (Lipinski definition) is 0. The molecule has 0 aromatic carbocycles. The summed E-state index contributed by atoms with van der Waals surface area (Å²) in [6.45, 7) is 1.92. The number of aromatic nitrogens is 2. The molecule has 0 saturated heterocycles. The van der Waals surface area contributed by atoms with Gasteiger partial charge in [0.25, 0.3) is 5.69 Å². The molecule has 18 heavy (non-hydrogen) atoms. The first-order chi connectivity index (χ1) is 8.58. The molecule has 2 aromatic heterocycles. The van der Waals surface area contributed by atoms with Crippen LogP contribution in [0.15, 0.2) is 18.3 Å². The van der Waals surface area contributed by atoms with Crippen LogP contribution < -0.4 is 4.90 Å². The Hall–Kier alpha value is -2.44. The number of pyridine rings is 1. The molecule has 0 aliphatic carbocycles. The molecule has 2 rings (SSSR count). The van der Waals surface area contributed by atoms with Crippen LogP contribution >= 0.6 is 0 Å². The molecule has 0 spiro atoms. The van der Waals surface area contributed by atoms with Crippen molar-refractivity contribution in [3.8, 4) is 0 Å². The highest BCUT2D eigenvalue weighted by molar-refractivity contribution is 5.75. The molecule has 2 aromatic rings. The molecule has 94 valence electrons. The predicted molar refractivity (Wildman–Crippen MR) is 65.7 cm³/mol. The van der Waals surface area contributed by atoms with Crippen molar-refractivity contribution < 1.29 is 9.72 Å². The second-order valence-electron chi connectivity index (χ2n) is 3.82. The zero-order valence-electron chi connectivity index (χ0n) is 10.0. The van der Waals surface area contributed by atoms with E-state index in [1.54, 1.807) is 17.5 Å². The maximum absolute atomic E-state index is 10.9. The molecule has 0 atom stereocenters. The summed E-state index contributed by atoms with van der Waals surface area (Å²) < 4.78 is 1.56. The van der Waals surface area contributed by atoms with Crippen LogP contribution in [-0.4, -0.2) is 27.8 Å². The SMILES string of the molecule is CCc1nc2ccc([N+](=O)[O-])cn2c1N(C)C=O. The quantitative estimate of drug-likeness (QED) is 0.465. The van der Waals surface area contributed by atoms with E-state index in [0.29, 0.717) is 24.3 Å². The fraction of sp³-hybridized carbons (Fsp3) is 0.273. The molecule has 0 aliphatic rings. The Morgan fingerprint density at radius 1 is 1.56 bits per heavy atom. The predicted octanol–water partition coefficient (Wildman–Crippen LogP) is 1.40. The van der Waals surface area contributed by atoms with Gasteiger partial charge in [0, 0.05) is 13.1 Å². The van der Waals surface area contributed by atoms with Crippen molar-refractivity contribution in [2.75, 3.05) is 11.9 Å². The third kappa shape index (κ3) is 1.79. The van der Waals surface area contributed by atoms with E-state index in [9.17, 15) is 14.9 Å². The second kappa shape index (κ2) is 4.44. The summed E-state index contributed by atoms with van der Waals surface area (Å²) in [5.41, 5.74) is 1.27. The number of imidazole rings is 1. The average Bonchev–Trinajstić information content (AvgIpc) is 2.74. The van der Waals surface area contributed by atoms with Gasteiger partial charge in [-0.15, -0.1) is 0 Å². The monoisotopic (exact) mass is 248 g/mol. The summed E-state index contributed by atoms with van der Waals surface area (Å²) in [7, 11) is 1.59. The minimum absolute atomic E-state index is 0.0388. The van der Waals surface area contributed by atoms with E-state index in [4.69, 9.17) is 0 Å². The lowest BCUT2D eigenvalue weighted by molar-refractivity contribution is -0.385. The molecule has 0 unspecified atom stereocenters. The molecular weight excluding hydrogens is 236 g/mol. The summed E-state index contributed by atoms with van der Waals surface area (Å²) >= 11 is 0. The van der Waals surface area contributed by atoms with Crippen LogP contribution in [0.5, 0.6) is 0 Å². The van der Waals surface area contributed by atoms with Crippen LogP contribution in [0.2, 0.25) is 0 Å². The number of carbonyl (C=O) groups excluding carboxylic acids is 1. The fourth-order valence-corrected chi connectivity index (χ4v) is 1.84. The molecule has 0 saturated carbocycles. The van der Waals surface area contributed by atoms with Gasteiger partial charge < -0.3 is 4.90 Å². The van der Waals surface area contributed by atoms with Crippen molar-refractivity contribution in [3.05, 3.63) is 34.1 Å². The fourth-order valence-electron chi connectivity index (χ4n) is 1.84. The Morgan fingerprint density at radius 3 is 2.83 bits per heavy atom. The maximum Gasteiger partial charge on any atom is 0.286 e. The van der Waals surface area contributed by atoms with E-state index in [-0.39, 0.29) is 5.69 Å². The van der Waals surface area contributed by atoms with Crippen molar-refractivity contribution in [3.63, 3.8) is 0 Å². The molecule has 0 bridgehead atoms. The minimum atomic E-state index is -0.476. The first kappa shape index (κ1) is 12.0. The second-order valence-corrected chi connectivity index (χ2v) is 3.82. The van der Waals surface area contributed by atoms with Crippen molar-refractivity contribution >= 4 is 23.6 Å². The van der Waals surface area contributed by atoms with Gasteiger partial charge in [-0.25, -0.2) is 4.98 Å². The van der Waals surface area contributed by atoms with Crippen LogP contribution in [0.1, 0.15) is 12.6 Å². The van der Waals surface area contributed by atoms with Crippen molar-refractivity contribution in [2.45, 2.75) is 13.3 Å². The summed E-state index contributed by atoms with van der Waals surface area (Å²) in [6, 6.07) is 2.96. The Bertz CT molecular complexity index is 620. The van der Waals surface area contributed by atoms with Gasteiger partial charge in [-0.1, -0.05) is 6.92 Å². The van der Waals surface area contributed by atoms with Gasteiger partial charge in [-0.2, -0.15) is 0 Å². The molecule has 0 radical (unpaired) electrons. The number of nitro groups is 1. The summed E-state index contributed by atoms with van der Waals surface area (Å²) in [4.78, 5) is 26.9. The highest BCUT2D eigenvalue weighted by Gasteiger charge is 2.16. The Labute approximate surface area is 103 Å². The number of amides is 1. The molecule has 0 N–H and O–H groups in total. The van der Waals surface area contributed by atoms with E-state index in [1.807, 2.05) is 6.92 Å². The smallest absolute Gasteiger partial charge is 0.286 e. The number of fused-ring (bicyclic) bond motifs is 1. The molecule has 1 amide bonds. The summed E-state index contributed by atoms with van der Waals surface area (Å²) in [5.74, 6) is 0.561. The van der Waals surface area contributed by atoms with Gasteiger partial charge >= 0.3 is 0 Å². The summed E-state index contributed by atoms with van der Waals surface area (Å²) in [5, 5.41) is 10.8. The van der Waals surface area contributed by atoms with Crippen LogP contribution in [0, 0.1) is 10.1 Å². The lowest BCUT2D eigenvalue weighted by Crippen LogP contribution is -2.17. The lowest BCUT2D eigenvalue weighted by Gasteiger charge is -2.11. The zero-order chi connectivity index (χ0) is 13.3. The van der Waals surface area contributed by atoms with Crippen molar-refractivity contribution in [1.29, 1.82) is 0 Å². The first-order valence-electron chi connectivity index (χ1n) is 5.42. The number of rotatable bonds is 4. The normalized spacial score (nSPS) is 10.6. The summed E-state index contributed by atoms with van der Waals surface area (Å²) in [6.07, 6.45) is 2.67. The van der Waals surface area contributed by atoms with Gasteiger partial charge in [0.2, 0.25) is 6.41 Å². The first-order valence-corrected chi connectivity index (χ1v) is 5.42. The van der Waals surface area contributed by atoms with Gasteiger partial charge in [0.1, 0.15) is 11.5 Å². The Balaban J connectivity index is 2.74. The third-order valence-corrected chi connectivity index (χ3v) is 2.69. The van der Waals surface area contributed by atoms with Crippen LogP contribution in [0.4, 0.5) is 11.5 Å². The third-order valence-electron chi connectivity index (χ3n) is 2.69. The van der Waals surface area contributed by atoms with E-state index in [0.717, 1.165) is 5.69 Å². The molecule has 0 fully saturated rings. The van der Waals surface area contributed by atoms with Crippen molar-refractivity contribution in [1.82, 2.24) is 9.38 Å². The molecule has 7 heteroatoms. The minimum Gasteiger partial charge on any atom is -0.302 e. The molecule has 2 heterocycles. The van der Waals surface area contributed by atoms with Gasteiger partial charge in [-0.3, -0.25) is 19.3 Å². The van der Waals surface area contributed by atoms with Gasteiger partial charge in [-0.05, 0) is 12.5 Å².